The Morgan fingerprint density at radius 1 is 1.17 bits per heavy atom. The van der Waals surface area contributed by atoms with E-state index in [0.29, 0.717) is 14.5 Å². The molecule has 0 aromatic heterocycles. The second kappa shape index (κ2) is 8.19. The highest BCUT2D eigenvalue weighted by Gasteiger charge is 2.16. The molecule has 2 aromatic carbocycles. The molecule has 0 aliphatic heterocycles. The van der Waals surface area contributed by atoms with Gasteiger partial charge >= 0.3 is 5.97 Å². The number of carbonyl (C=O) groups excluding carboxylic acids is 1. The normalized spacial score (nSPS) is 11.3. The van der Waals surface area contributed by atoms with Gasteiger partial charge in [-0.15, -0.1) is 0 Å². The Labute approximate surface area is 155 Å². The summed E-state index contributed by atoms with van der Waals surface area (Å²) in [7, 11) is -3.81. The number of rotatable bonds is 6. The highest BCUT2D eigenvalue weighted by Crippen LogP contribution is 2.19. The van der Waals surface area contributed by atoms with Gasteiger partial charge in [0.15, 0.2) is 0 Å². The zero-order valence-electron chi connectivity index (χ0n) is 12.1. The molecule has 0 saturated heterocycles. The predicted molar refractivity (Wildman–Crippen MR) is 93.2 cm³/mol. The highest BCUT2D eigenvalue weighted by atomic mass is 79.9. The lowest BCUT2D eigenvalue weighted by Gasteiger charge is -2.09. The fourth-order valence-electron chi connectivity index (χ4n) is 1.72. The number of ether oxygens (including phenoxy) is 1. The first kappa shape index (κ1) is 19.0. The van der Waals surface area contributed by atoms with Gasteiger partial charge in [-0.3, -0.25) is 4.79 Å². The molecule has 0 unspecified atom stereocenters. The fraction of sp³-hybridized carbons (Fsp3) is 0.133. The van der Waals surface area contributed by atoms with E-state index in [1.165, 1.54) is 30.3 Å². The maximum atomic E-state index is 13.0. The van der Waals surface area contributed by atoms with Gasteiger partial charge in [-0.1, -0.05) is 44.0 Å². The van der Waals surface area contributed by atoms with Crippen LogP contribution >= 0.6 is 31.9 Å². The SMILES string of the molecule is O=C(CNS(=O)(=O)c1cccc(Br)c1)OCc1ccc(F)cc1Br. The number of carbonyl (C=O) groups is 1. The minimum Gasteiger partial charge on any atom is -0.460 e. The van der Waals surface area contributed by atoms with Crippen molar-refractivity contribution in [3.63, 3.8) is 0 Å². The van der Waals surface area contributed by atoms with E-state index >= 15 is 0 Å². The molecular weight excluding hydrogens is 469 g/mol. The summed E-state index contributed by atoms with van der Waals surface area (Å²) in [6.45, 7) is -0.605. The Morgan fingerprint density at radius 3 is 2.58 bits per heavy atom. The average molecular weight is 481 g/mol. The van der Waals surface area contributed by atoms with Crippen molar-refractivity contribution in [1.82, 2.24) is 4.72 Å². The van der Waals surface area contributed by atoms with Gasteiger partial charge in [0.1, 0.15) is 19.0 Å². The summed E-state index contributed by atoms with van der Waals surface area (Å²) >= 11 is 6.34. The molecule has 5 nitrogen and oxygen atoms in total. The van der Waals surface area contributed by atoms with Gasteiger partial charge in [0.05, 0.1) is 4.90 Å². The van der Waals surface area contributed by atoms with E-state index in [9.17, 15) is 17.6 Å². The zero-order chi connectivity index (χ0) is 17.7. The monoisotopic (exact) mass is 479 g/mol. The molecule has 0 heterocycles. The van der Waals surface area contributed by atoms with E-state index < -0.39 is 28.4 Å². The van der Waals surface area contributed by atoms with Crippen LogP contribution in [0, 0.1) is 5.82 Å². The average Bonchev–Trinajstić information content (AvgIpc) is 2.52. The van der Waals surface area contributed by atoms with Gasteiger partial charge in [-0.2, -0.15) is 4.72 Å². The minimum absolute atomic E-state index is 0.0333. The molecule has 9 heteroatoms. The van der Waals surface area contributed by atoms with Crippen LogP contribution in [0.4, 0.5) is 4.39 Å². The maximum Gasteiger partial charge on any atom is 0.321 e. The van der Waals surface area contributed by atoms with Crippen LogP contribution < -0.4 is 4.72 Å². The molecule has 0 amide bonds. The number of nitrogens with one attached hydrogen (secondary N) is 1. The van der Waals surface area contributed by atoms with Crippen molar-refractivity contribution in [2.75, 3.05) is 6.54 Å². The van der Waals surface area contributed by atoms with Crippen molar-refractivity contribution >= 4 is 47.9 Å². The van der Waals surface area contributed by atoms with Crippen molar-refractivity contribution in [2.45, 2.75) is 11.5 Å². The third-order valence-corrected chi connectivity index (χ3v) is 5.55. The van der Waals surface area contributed by atoms with E-state index in [0.717, 1.165) is 0 Å². The fourth-order valence-corrected chi connectivity index (χ4v) is 3.75. The lowest BCUT2D eigenvalue weighted by Crippen LogP contribution is -2.30. The van der Waals surface area contributed by atoms with Gasteiger partial charge in [0, 0.05) is 14.5 Å². The first-order chi connectivity index (χ1) is 11.3. The molecule has 24 heavy (non-hydrogen) atoms. The molecule has 0 bridgehead atoms. The lowest BCUT2D eigenvalue weighted by molar-refractivity contribution is -0.143. The standard InChI is InChI=1S/C15H12Br2FNO4S/c16-11-2-1-3-13(6-11)24(21,22)19-8-15(20)23-9-10-4-5-12(18)7-14(10)17/h1-7,19H,8-9H2. The van der Waals surface area contributed by atoms with Crippen molar-refractivity contribution in [3.8, 4) is 0 Å². The number of hydrogen-bond acceptors (Lipinski definition) is 4. The smallest absolute Gasteiger partial charge is 0.321 e. The number of halogens is 3. The highest BCUT2D eigenvalue weighted by molar-refractivity contribution is 9.10. The second-order valence-electron chi connectivity index (χ2n) is 4.68. The minimum atomic E-state index is -3.81. The van der Waals surface area contributed by atoms with Crippen LogP contribution in [0.2, 0.25) is 0 Å². The van der Waals surface area contributed by atoms with Crippen molar-refractivity contribution in [1.29, 1.82) is 0 Å². The first-order valence-corrected chi connectivity index (χ1v) is 9.69. The van der Waals surface area contributed by atoms with Gasteiger partial charge in [-0.25, -0.2) is 12.8 Å². The Balaban J connectivity index is 1.91. The Hall–Kier alpha value is -1.29. The number of sulfonamides is 1. The molecule has 1 N–H and O–H groups in total. The van der Waals surface area contributed by atoms with Crippen molar-refractivity contribution < 1.29 is 22.3 Å². The summed E-state index contributed by atoms with van der Waals surface area (Å²) in [5.41, 5.74) is 0.569. The van der Waals surface area contributed by atoms with Gasteiger partial charge in [0.25, 0.3) is 0 Å². The molecule has 0 atom stereocenters. The van der Waals surface area contributed by atoms with E-state index in [-0.39, 0.29) is 11.5 Å². The summed E-state index contributed by atoms with van der Waals surface area (Å²) in [6, 6.07) is 10.1. The molecular formula is C15H12Br2FNO4S. The zero-order valence-corrected chi connectivity index (χ0v) is 16.1. The van der Waals surface area contributed by atoms with E-state index in [1.54, 1.807) is 12.1 Å². The third kappa shape index (κ3) is 5.37. The van der Waals surface area contributed by atoms with Crippen LogP contribution in [0.25, 0.3) is 0 Å². The summed E-state index contributed by atoms with van der Waals surface area (Å²) in [5.74, 6) is -1.16. The molecule has 2 aromatic rings. The van der Waals surface area contributed by atoms with E-state index in [1.807, 2.05) is 0 Å². The van der Waals surface area contributed by atoms with Crippen molar-refractivity contribution in [3.05, 3.63) is 62.8 Å². The Bertz CT molecular complexity index is 858. The van der Waals surface area contributed by atoms with E-state index in [2.05, 4.69) is 36.6 Å². The van der Waals surface area contributed by atoms with Crippen LogP contribution in [0.3, 0.4) is 0 Å². The van der Waals surface area contributed by atoms with Gasteiger partial charge < -0.3 is 4.74 Å². The second-order valence-corrected chi connectivity index (χ2v) is 8.22. The van der Waals surface area contributed by atoms with Crippen LogP contribution in [0.5, 0.6) is 0 Å². The largest absolute Gasteiger partial charge is 0.460 e. The predicted octanol–water partition coefficient (Wildman–Crippen LogP) is 3.37. The third-order valence-electron chi connectivity index (χ3n) is 2.92. The quantitative estimate of drug-likeness (QED) is 0.643. The first-order valence-electron chi connectivity index (χ1n) is 6.63. The van der Waals surface area contributed by atoms with Crippen LogP contribution in [0.15, 0.2) is 56.3 Å². The van der Waals surface area contributed by atoms with Gasteiger partial charge in [-0.05, 0) is 30.3 Å². The summed E-state index contributed by atoms with van der Waals surface area (Å²) in [6.07, 6.45) is 0. The maximum absolute atomic E-state index is 13.0. The molecule has 0 aliphatic rings. The molecule has 128 valence electrons. The Kier molecular flexibility index (Phi) is 6.50. The van der Waals surface area contributed by atoms with Crippen LogP contribution in [-0.4, -0.2) is 20.9 Å². The number of hydrogen-bond donors (Lipinski definition) is 1. The topological polar surface area (TPSA) is 72.5 Å². The number of benzene rings is 2. The lowest BCUT2D eigenvalue weighted by atomic mass is 10.2. The van der Waals surface area contributed by atoms with Crippen LogP contribution in [0.1, 0.15) is 5.56 Å². The molecule has 0 saturated carbocycles. The van der Waals surface area contributed by atoms with Gasteiger partial charge in [0.2, 0.25) is 10.0 Å². The number of esters is 1. The molecule has 0 aliphatic carbocycles. The van der Waals surface area contributed by atoms with Crippen LogP contribution in [-0.2, 0) is 26.2 Å². The molecule has 0 spiro atoms. The molecule has 0 fully saturated rings. The van der Waals surface area contributed by atoms with Crippen molar-refractivity contribution in [2.24, 2.45) is 0 Å². The summed E-state index contributed by atoms with van der Waals surface area (Å²) < 4.78 is 45.3. The summed E-state index contributed by atoms with van der Waals surface area (Å²) in [5, 5.41) is 0. The molecule has 0 radical (unpaired) electrons. The van der Waals surface area contributed by atoms with E-state index in [4.69, 9.17) is 4.74 Å². The summed E-state index contributed by atoms with van der Waals surface area (Å²) in [4.78, 5) is 11.7. The molecule has 2 rings (SSSR count). The Morgan fingerprint density at radius 2 is 1.92 bits per heavy atom.